The number of aliphatic hydroxyl groups is 2. The highest BCUT2D eigenvalue weighted by molar-refractivity contribution is 5.84. The van der Waals surface area contributed by atoms with E-state index in [0.29, 0.717) is 18.9 Å². The van der Waals surface area contributed by atoms with Gasteiger partial charge in [0, 0.05) is 18.9 Å². The SMILES string of the molecule is C.C.C.C.O=C(Cc1ccc(Cc2ccc(NC(=O)OCCCCCCO)cc2)cc1)OCCCCCCO. The highest BCUT2D eigenvalue weighted by atomic mass is 16.5. The fraction of sp³-hybridized carbons (Fsp3) is 0.562. The lowest BCUT2D eigenvalue weighted by molar-refractivity contribution is -0.142. The van der Waals surface area contributed by atoms with Gasteiger partial charge in [0.15, 0.2) is 0 Å². The third-order valence-electron chi connectivity index (χ3n) is 5.58. The second-order valence-electron chi connectivity index (χ2n) is 8.62. The number of esters is 1. The van der Waals surface area contributed by atoms with Crippen LogP contribution in [0.1, 0.15) is 97.8 Å². The van der Waals surface area contributed by atoms with E-state index in [2.05, 4.69) is 5.32 Å². The molecular weight excluding hydrogens is 494 g/mol. The van der Waals surface area contributed by atoms with Crippen LogP contribution in [0.25, 0.3) is 0 Å². The zero-order valence-electron chi connectivity index (χ0n) is 20.5. The van der Waals surface area contributed by atoms with Crippen molar-refractivity contribution in [2.45, 2.75) is 93.9 Å². The molecule has 7 heteroatoms. The first-order chi connectivity index (χ1) is 17.1. The van der Waals surface area contributed by atoms with Crippen molar-refractivity contribution in [3.05, 3.63) is 65.2 Å². The number of rotatable bonds is 17. The van der Waals surface area contributed by atoms with E-state index in [9.17, 15) is 9.59 Å². The standard InChI is InChI=1S/C28H39NO6.4CH4/c30-17-5-1-3-7-19-34-27(32)22-25-11-9-23(10-12-25)21-24-13-15-26(16-14-24)29-28(33)35-20-8-4-2-6-18-31;;;;/h9-16,30-31H,1-8,17-22H2,(H,29,33);4*1H4. The van der Waals surface area contributed by atoms with E-state index in [1.165, 1.54) is 0 Å². The van der Waals surface area contributed by atoms with Gasteiger partial charge in [-0.3, -0.25) is 10.1 Å². The summed E-state index contributed by atoms with van der Waals surface area (Å²) in [7, 11) is 0. The lowest BCUT2D eigenvalue weighted by Gasteiger charge is -2.09. The Bertz CT molecular complexity index is 780. The number of aliphatic hydroxyl groups excluding tert-OH is 2. The lowest BCUT2D eigenvalue weighted by atomic mass is 10.0. The molecule has 0 unspecified atom stereocenters. The molecule has 0 atom stereocenters. The van der Waals surface area contributed by atoms with Crippen molar-refractivity contribution < 1.29 is 29.3 Å². The molecule has 2 aromatic carbocycles. The van der Waals surface area contributed by atoms with Gasteiger partial charge in [-0.1, -0.05) is 78.9 Å². The summed E-state index contributed by atoms with van der Waals surface area (Å²) in [5, 5.41) is 20.2. The van der Waals surface area contributed by atoms with Gasteiger partial charge in [-0.2, -0.15) is 0 Å². The Balaban J connectivity index is -0.00000324. The van der Waals surface area contributed by atoms with E-state index in [-0.39, 0.29) is 55.3 Å². The summed E-state index contributed by atoms with van der Waals surface area (Å²) in [6.07, 6.45) is 7.51. The molecule has 0 aliphatic carbocycles. The minimum Gasteiger partial charge on any atom is -0.465 e. The molecule has 0 heterocycles. The number of carbonyl (C=O) groups excluding carboxylic acids is 2. The van der Waals surface area contributed by atoms with Gasteiger partial charge in [-0.15, -0.1) is 0 Å². The molecule has 0 bridgehead atoms. The first-order valence-electron chi connectivity index (χ1n) is 12.6. The summed E-state index contributed by atoms with van der Waals surface area (Å²) in [4.78, 5) is 23.9. The molecule has 2 aromatic rings. The van der Waals surface area contributed by atoms with E-state index in [0.717, 1.165) is 74.5 Å². The van der Waals surface area contributed by atoms with Crippen LogP contribution in [0.3, 0.4) is 0 Å². The maximum atomic E-state index is 12.0. The second-order valence-corrected chi connectivity index (χ2v) is 8.62. The average molecular weight is 550 g/mol. The number of hydrogen-bond donors (Lipinski definition) is 3. The van der Waals surface area contributed by atoms with Crippen molar-refractivity contribution in [3.63, 3.8) is 0 Å². The van der Waals surface area contributed by atoms with Gasteiger partial charge in [0.25, 0.3) is 0 Å². The van der Waals surface area contributed by atoms with Crippen LogP contribution >= 0.6 is 0 Å². The molecule has 0 aromatic heterocycles. The molecule has 0 radical (unpaired) electrons. The van der Waals surface area contributed by atoms with Gasteiger partial charge >= 0.3 is 12.1 Å². The zero-order valence-corrected chi connectivity index (χ0v) is 20.5. The van der Waals surface area contributed by atoms with Crippen LogP contribution in [-0.4, -0.2) is 48.7 Å². The van der Waals surface area contributed by atoms with Crippen molar-refractivity contribution in [1.29, 1.82) is 0 Å². The third-order valence-corrected chi connectivity index (χ3v) is 5.58. The Hall–Kier alpha value is -2.90. The van der Waals surface area contributed by atoms with E-state index >= 15 is 0 Å². The van der Waals surface area contributed by atoms with Crippen LogP contribution in [0.4, 0.5) is 10.5 Å². The van der Waals surface area contributed by atoms with Crippen molar-refractivity contribution in [2.24, 2.45) is 0 Å². The first kappa shape index (κ1) is 40.6. The van der Waals surface area contributed by atoms with Crippen LogP contribution in [0, 0.1) is 0 Å². The predicted octanol–water partition coefficient (Wildman–Crippen LogP) is 7.56. The molecule has 3 N–H and O–H groups in total. The molecule has 0 aliphatic rings. The van der Waals surface area contributed by atoms with Crippen molar-refractivity contribution >= 4 is 17.7 Å². The van der Waals surface area contributed by atoms with Crippen LogP contribution in [0.5, 0.6) is 0 Å². The molecule has 0 spiro atoms. The second kappa shape index (κ2) is 25.4. The van der Waals surface area contributed by atoms with Crippen LogP contribution in [-0.2, 0) is 27.1 Å². The Kier molecular flexibility index (Phi) is 26.4. The average Bonchev–Trinajstić information content (AvgIpc) is 2.86. The van der Waals surface area contributed by atoms with E-state index in [1.54, 1.807) is 0 Å². The predicted molar refractivity (Wildman–Crippen MR) is 163 cm³/mol. The Labute approximate surface area is 237 Å². The van der Waals surface area contributed by atoms with Crippen LogP contribution < -0.4 is 5.32 Å². The van der Waals surface area contributed by atoms with Crippen molar-refractivity contribution in [3.8, 4) is 0 Å². The molecule has 39 heavy (non-hydrogen) atoms. The Morgan fingerprint density at radius 3 is 1.54 bits per heavy atom. The van der Waals surface area contributed by atoms with Gasteiger partial charge in [-0.25, -0.2) is 4.79 Å². The number of amides is 1. The summed E-state index contributed by atoms with van der Waals surface area (Å²) >= 11 is 0. The molecule has 2 rings (SSSR count). The smallest absolute Gasteiger partial charge is 0.411 e. The summed E-state index contributed by atoms with van der Waals surface area (Å²) in [5.41, 5.74) is 3.85. The van der Waals surface area contributed by atoms with Gasteiger partial charge in [-0.05, 0) is 73.8 Å². The number of unbranched alkanes of at least 4 members (excludes halogenated alkanes) is 6. The monoisotopic (exact) mass is 549 g/mol. The summed E-state index contributed by atoms with van der Waals surface area (Å²) < 4.78 is 10.5. The minimum atomic E-state index is -0.462. The topological polar surface area (TPSA) is 105 Å². The maximum absolute atomic E-state index is 12.0. The highest BCUT2D eigenvalue weighted by Gasteiger charge is 2.06. The number of carbonyl (C=O) groups is 2. The third kappa shape index (κ3) is 18.9. The fourth-order valence-electron chi connectivity index (χ4n) is 3.57. The number of anilines is 1. The molecular formula is C32H55NO6. The maximum Gasteiger partial charge on any atom is 0.411 e. The largest absolute Gasteiger partial charge is 0.465 e. The number of ether oxygens (including phenoxy) is 2. The molecule has 224 valence electrons. The van der Waals surface area contributed by atoms with Crippen LogP contribution in [0.2, 0.25) is 0 Å². The zero-order chi connectivity index (χ0) is 25.1. The molecule has 0 saturated carbocycles. The van der Waals surface area contributed by atoms with Gasteiger partial charge in [0.1, 0.15) is 0 Å². The fourth-order valence-corrected chi connectivity index (χ4v) is 3.57. The summed E-state index contributed by atoms with van der Waals surface area (Å²) in [6.45, 7) is 1.21. The normalized spacial score (nSPS) is 9.59. The van der Waals surface area contributed by atoms with Gasteiger partial charge < -0.3 is 19.7 Å². The van der Waals surface area contributed by atoms with Crippen molar-refractivity contribution in [2.75, 3.05) is 31.7 Å². The van der Waals surface area contributed by atoms with Crippen molar-refractivity contribution in [1.82, 2.24) is 0 Å². The molecule has 1 amide bonds. The van der Waals surface area contributed by atoms with Crippen LogP contribution in [0.15, 0.2) is 48.5 Å². The molecule has 0 fully saturated rings. The molecule has 0 aliphatic heterocycles. The number of hydrogen-bond acceptors (Lipinski definition) is 6. The molecule has 7 nitrogen and oxygen atoms in total. The highest BCUT2D eigenvalue weighted by Crippen LogP contribution is 2.15. The first-order valence-corrected chi connectivity index (χ1v) is 12.6. The van der Waals surface area contributed by atoms with Gasteiger partial charge in [0.05, 0.1) is 19.6 Å². The molecule has 0 saturated heterocycles. The van der Waals surface area contributed by atoms with Gasteiger partial charge in [0.2, 0.25) is 0 Å². The summed E-state index contributed by atoms with van der Waals surface area (Å²) in [6, 6.07) is 15.6. The number of benzene rings is 2. The van der Waals surface area contributed by atoms with E-state index in [1.807, 2.05) is 48.5 Å². The number of nitrogens with one attached hydrogen (secondary N) is 1. The Morgan fingerprint density at radius 1 is 0.590 bits per heavy atom. The lowest BCUT2D eigenvalue weighted by Crippen LogP contribution is -2.14. The van der Waals surface area contributed by atoms with E-state index in [4.69, 9.17) is 19.7 Å². The summed E-state index contributed by atoms with van der Waals surface area (Å²) in [5.74, 6) is -0.219. The Morgan fingerprint density at radius 2 is 1.03 bits per heavy atom. The minimum absolute atomic E-state index is 0. The quantitative estimate of drug-likeness (QED) is 0.139. The van der Waals surface area contributed by atoms with E-state index < -0.39 is 6.09 Å².